The molecule has 1 heterocycles. The van der Waals surface area contributed by atoms with Gasteiger partial charge in [0.1, 0.15) is 0 Å². The van der Waals surface area contributed by atoms with Crippen molar-refractivity contribution in [2.24, 2.45) is 0 Å². The van der Waals surface area contributed by atoms with Crippen molar-refractivity contribution in [3.8, 4) is 6.07 Å². The molecule has 4 heteroatoms. The van der Waals surface area contributed by atoms with Crippen molar-refractivity contribution in [2.45, 2.75) is 18.8 Å². The molecule has 0 bridgehead atoms. The van der Waals surface area contributed by atoms with Crippen LogP contribution in [0.2, 0.25) is 0 Å². The van der Waals surface area contributed by atoms with Crippen LogP contribution < -0.4 is 0 Å². The molecule has 1 aromatic carbocycles. The van der Waals surface area contributed by atoms with Gasteiger partial charge in [-0.25, -0.2) is 0 Å². The quantitative estimate of drug-likeness (QED) is 0.810. The van der Waals surface area contributed by atoms with Crippen LogP contribution in [0.3, 0.4) is 0 Å². The molecule has 2 aromatic rings. The highest BCUT2D eigenvalue weighted by atomic mass is 35.5. The average molecular weight is 285 g/mol. The van der Waals surface area contributed by atoms with Crippen LogP contribution in [0.15, 0.2) is 48.8 Å². The maximum atomic E-state index is 11.9. The third-order valence-electron chi connectivity index (χ3n) is 3.37. The van der Waals surface area contributed by atoms with E-state index in [-0.39, 0.29) is 0 Å². The van der Waals surface area contributed by atoms with E-state index < -0.39 is 10.7 Å². The standard InChI is InChI=1S/C16H13ClN2O/c1-16(15(17)20,9-13-3-2-8-19-11-13)14-6-4-12(10-18)5-7-14/h2-8,11H,9H2,1H3. The van der Waals surface area contributed by atoms with Crippen LogP contribution in [0.4, 0.5) is 0 Å². The molecule has 0 aliphatic rings. The van der Waals surface area contributed by atoms with Gasteiger partial charge in [-0.05, 0) is 54.3 Å². The largest absolute Gasteiger partial charge is 0.280 e. The first kappa shape index (κ1) is 14.2. The van der Waals surface area contributed by atoms with Gasteiger partial charge < -0.3 is 0 Å². The first-order valence-electron chi connectivity index (χ1n) is 6.16. The molecule has 0 saturated carbocycles. The first-order chi connectivity index (χ1) is 9.56. The Morgan fingerprint density at radius 3 is 2.55 bits per heavy atom. The van der Waals surface area contributed by atoms with Crippen molar-refractivity contribution in [1.82, 2.24) is 4.98 Å². The molecule has 0 amide bonds. The molecule has 0 spiro atoms. The fourth-order valence-electron chi connectivity index (χ4n) is 2.11. The number of carbonyl (C=O) groups excluding carboxylic acids is 1. The highest BCUT2D eigenvalue weighted by Crippen LogP contribution is 2.30. The van der Waals surface area contributed by atoms with E-state index in [2.05, 4.69) is 11.1 Å². The molecule has 1 atom stereocenters. The van der Waals surface area contributed by atoms with E-state index in [0.29, 0.717) is 12.0 Å². The van der Waals surface area contributed by atoms with Crippen molar-refractivity contribution < 1.29 is 4.79 Å². The SMILES string of the molecule is CC(Cc1cccnc1)(C(=O)Cl)c1ccc(C#N)cc1. The van der Waals surface area contributed by atoms with E-state index >= 15 is 0 Å². The number of carbonyl (C=O) groups is 1. The minimum atomic E-state index is -0.835. The summed E-state index contributed by atoms with van der Waals surface area (Å²) in [6, 6.07) is 12.7. The van der Waals surface area contributed by atoms with E-state index in [1.54, 1.807) is 43.6 Å². The fourth-order valence-corrected chi connectivity index (χ4v) is 2.28. The molecule has 0 aliphatic heterocycles. The topological polar surface area (TPSA) is 53.8 Å². The molecule has 0 radical (unpaired) electrons. The fraction of sp³-hybridized carbons (Fsp3) is 0.188. The second-order valence-corrected chi connectivity index (χ2v) is 5.18. The lowest BCUT2D eigenvalue weighted by molar-refractivity contribution is -0.116. The predicted molar refractivity (Wildman–Crippen MR) is 77.3 cm³/mol. The predicted octanol–water partition coefficient (Wildman–Crippen LogP) is 3.22. The summed E-state index contributed by atoms with van der Waals surface area (Å²) in [4.78, 5) is 16.0. The molecule has 2 rings (SSSR count). The van der Waals surface area contributed by atoms with Crippen molar-refractivity contribution in [3.05, 3.63) is 65.5 Å². The molecule has 100 valence electrons. The Hall–Kier alpha value is -2.18. The number of aromatic nitrogens is 1. The minimum Gasteiger partial charge on any atom is -0.280 e. The molecule has 0 saturated heterocycles. The first-order valence-corrected chi connectivity index (χ1v) is 6.53. The van der Waals surface area contributed by atoms with Crippen LogP contribution in [-0.4, -0.2) is 10.2 Å². The molecule has 3 nitrogen and oxygen atoms in total. The van der Waals surface area contributed by atoms with Gasteiger partial charge in [0, 0.05) is 12.4 Å². The summed E-state index contributed by atoms with van der Waals surface area (Å²) in [6.07, 6.45) is 3.88. The van der Waals surface area contributed by atoms with Crippen LogP contribution in [0, 0.1) is 11.3 Å². The number of pyridine rings is 1. The summed E-state index contributed by atoms with van der Waals surface area (Å²) in [5.74, 6) is 0. The Morgan fingerprint density at radius 2 is 2.05 bits per heavy atom. The highest BCUT2D eigenvalue weighted by molar-refractivity contribution is 6.65. The highest BCUT2D eigenvalue weighted by Gasteiger charge is 2.34. The summed E-state index contributed by atoms with van der Waals surface area (Å²) < 4.78 is 0. The Labute approximate surface area is 122 Å². The van der Waals surface area contributed by atoms with Gasteiger partial charge in [0.2, 0.25) is 5.24 Å². The van der Waals surface area contributed by atoms with Crippen LogP contribution in [-0.2, 0) is 16.6 Å². The van der Waals surface area contributed by atoms with E-state index in [1.165, 1.54) is 0 Å². The van der Waals surface area contributed by atoms with Gasteiger partial charge in [0.15, 0.2) is 0 Å². The third kappa shape index (κ3) is 2.87. The number of nitriles is 1. The van der Waals surface area contributed by atoms with Crippen LogP contribution in [0.25, 0.3) is 0 Å². The van der Waals surface area contributed by atoms with E-state index in [4.69, 9.17) is 16.9 Å². The molecule has 1 aromatic heterocycles. The van der Waals surface area contributed by atoms with Crippen LogP contribution in [0.5, 0.6) is 0 Å². The van der Waals surface area contributed by atoms with Crippen molar-refractivity contribution in [2.75, 3.05) is 0 Å². The smallest absolute Gasteiger partial charge is 0.232 e. The molecule has 0 fully saturated rings. The zero-order valence-electron chi connectivity index (χ0n) is 11.0. The second kappa shape index (κ2) is 5.85. The Morgan fingerprint density at radius 1 is 1.35 bits per heavy atom. The number of halogens is 1. The van der Waals surface area contributed by atoms with Gasteiger partial charge >= 0.3 is 0 Å². The summed E-state index contributed by atoms with van der Waals surface area (Å²) in [7, 11) is 0. The maximum Gasteiger partial charge on any atom is 0.232 e. The molecule has 20 heavy (non-hydrogen) atoms. The Bertz CT molecular complexity index is 646. The zero-order valence-corrected chi connectivity index (χ0v) is 11.8. The van der Waals surface area contributed by atoms with E-state index in [9.17, 15) is 4.79 Å². The lowest BCUT2D eigenvalue weighted by atomic mass is 9.78. The summed E-state index contributed by atoms with van der Waals surface area (Å²) in [5.41, 5.74) is 1.45. The lowest BCUT2D eigenvalue weighted by Gasteiger charge is -2.26. The lowest BCUT2D eigenvalue weighted by Crippen LogP contribution is -2.31. The van der Waals surface area contributed by atoms with Crippen molar-refractivity contribution in [1.29, 1.82) is 5.26 Å². The van der Waals surface area contributed by atoms with Gasteiger partial charge in [-0.15, -0.1) is 0 Å². The van der Waals surface area contributed by atoms with Gasteiger partial charge in [0.05, 0.1) is 17.0 Å². The molecule has 0 aliphatic carbocycles. The van der Waals surface area contributed by atoms with Gasteiger partial charge in [-0.3, -0.25) is 9.78 Å². The normalized spacial score (nSPS) is 13.2. The second-order valence-electron chi connectivity index (χ2n) is 4.83. The number of benzene rings is 1. The molecular weight excluding hydrogens is 272 g/mol. The van der Waals surface area contributed by atoms with Gasteiger partial charge in [0.25, 0.3) is 0 Å². The monoisotopic (exact) mass is 284 g/mol. The van der Waals surface area contributed by atoms with Crippen LogP contribution in [0.1, 0.15) is 23.6 Å². The van der Waals surface area contributed by atoms with E-state index in [0.717, 1.165) is 11.1 Å². The van der Waals surface area contributed by atoms with Gasteiger partial charge in [-0.1, -0.05) is 18.2 Å². The van der Waals surface area contributed by atoms with E-state index in [1.807, 2.05) is 12.1 Å². The molecule has 1 unspecified atom stereocenters. The minimum absolute atomic E-state index is 0.425. The summed E-state index contributed by atoms with van der Waals surface area (Å²) in [6.45, 7) is 1.80. The summed E-state index contributed by atoms with van der Waals surface area (Å²) >= 11 is 5.82. The average Bonchev–Trinajstić information content (AvgIpc) is 2.48. The van der Waals surface area contributed by atoms with Gasteiger partial charge in [-0.2, -0.15) is 5.26 Å². The van der Waals surface area contributed by atoms with Crippen molar-refractivity contribution >= 4 is 16.8 Å². The Balaban J connectivity index is 2.38. The maximum absolute atomic E-state index is 11.9. The summed E-state index contributed by atoms with van der Waals surface area (Å²) in [5, 5.41) is 8.40. The molecular formula is C16H13ClN2O. The van der Waals surface area contributed by atoms with Crippen molar-refractivity contribution in [3.63, 3.8) is 0 Å². The number of nitrogens with zero attached hydrogens (tertiary/aromatic N) is 2. The zero-order chi connectivity index (χ0) is 14.6. The Kier molecular flexibility index (Phi) is 4.16. The number of hydrogen-bond acceptors (Lipinski definition) is 3. The van der Waals surface area contributed by atoms with Crippen LogP contribution >= 0.6 is 11.6 Å². The third-order valence-corrected chi connectivity index (χ3v) is 3.78. The molecule has 0 N–H and O–H groups in total. The number of rotatable bonds is 4. The number of hydrogen-bond donors (Lipinski definition) is 0.